The Morgan fingerprint density at radius 1 is 0.926 bits per heavy atom. The molecule has 27 heavy (non-hydrogen) atoms. The fourth-order valence-corrected chi connectivity index (χ4v) is 3.10. The lowest BCUT2D eigenvalue weighted by Crippen LogP contribution is -2.16. The fraction of sp³-hybridized carbons (Fsp3) is 0.111. The summed E-state index contributed by atoms with van der Waals surface area (Å²) in [6.07, 6.45) is 1.13. The number of para-hydroxylation sites is 1. The minimum absolute atomic E-state index is 0.0854. The molecule has 7 nitrogen and oxygen atoms in total. The molecule has 2 aromatic carbocycles. The van der Waals surface area contributed by atoms with Crippen LogP contribution in [0.2, 0.25) is 5.02 Å². The van der Waals surface area contributed by atoms with E-state index in [-0.39, 0.29) is 16.2 Å². The van der Waals surface area contributed by atoms with Crippen LogP contribution in [0.4, 0.5) is 0 Å². The van der Waals surface area contributed by atoms with E-state index in [9.17, 15) is 18.0 Å². The van der Waals surface area contributed by atoms with Gasteiger partial charge in [-0.15, -0.1) is 0 Å². The van der Waals surface area contributed by atoms with Crippen molar-refractivity contribution in [3.63, 3.8) is 0 Å². The topological polar surface area (TPSA) is 96.0 Å². The molecule has 0 bridgehead atoms. The highest BCUT2D eigenvalue weighted by atomic mass is 35.5. The van der Waals surface area contributed by atoms with Crippen molar-refractivity contribution in [3.05, 3.63) is 64.7 Å². The van der Waals surface area contributed by atoms with Crippen LogP contribution in [0.3, 0.4) is 0 Å². The predicted octanol–water partition coefficient (Wildman–Crippen LogP) is 2.84. The summed E-state index contributed by atoms with van der Waals surface area (Å²) in [5.74, 6) is -1.95. The van der Waals surface area contributed by atoms with Gasteiger partial charge in [0.25, 0.3) is 0 Å². The molecule has 0 amide bonds. The maximum absolute atomic E-state index is 12.5. The summed E-state index contributed by atoms with van der Waals surface area (Å²) >= 11 is 5.76. The molecule has 0 aromatic heterocycles. The minimum atomic E-state index is -4.16. The molecule has 0 unspecified atom stereocenters. The molecule has 0 aliphatic heterocycles. The number of rotatable bonds is 6. The van der Waals surface area contributed by atoms with Crippen molar-refractivity contribution in [1.82, 2.24) is 0 Å². The molecule has 0 saturated carbocycles. The first kappa shape index (κ1) is 20.5. The molecule has 0 radical (unpaired) electrons. The lowest BCUT2D eigenvalue weighted by Gasteiger charge is -2.10. The van der Waals surface area contributed by atoms with Crippen LogP contribution in [-0.4, -0.2) is 34.6 Å². The van der Waals surface area contributed by atoms with Gasteiger partial charge in [0.15, 0.2) is 0 Å². The summed E-state index contributed by atoms with van der Waals surface area (Å²) in [7, 11) is -1.95. The molecule has 0 spiro atoms. The Hall–Kier alpha value is -2.84. The van der Waals surface area contributed by atoms with E-state index in [1.807, 2.05) is 0 Å². The quantitative estimate of drug-likeness (QED) is 0.237. The van der Waals surface area contributed by atoms with E-state index in [4.69, 9.17) is 15.8 Å². The second-order valence-electron chi connectivity index (χ2n) is 5.07. The van der Waals surface area contributed by atoms with E-state index in [0.29, 0.717) is 5.02 Å². The molecule has 142 valence electrons. The Balaban J connectivity index is 2.46. The van der Waals surface area contributed by atoms with Gasteiger partial charge in [-0.25, -0.2) is 9.59 Å². The molecule has 0 aliphatic carbocycles. The van der Waals surface area contributed by atoms with Crippen LogP contribution in [0.15, 0.2) is 59.0 Å². The number of hydrogen-bond acceptors (Lipinski definition) is 7. The van der Waals surface area contributed by atoms with Crippen molar-refractivity contribution in [1.29, 1.82) is 0 Å². The van der Waals surface area contributed by atoms with Crippen molar-refractivity contribution >= 4 is 39.7 Å². The Bertz CT molecular complexity index is 961. The van der Waals surface area contributed by atoms with Gasteiger partial charge in [-0.2, -0.15) is 8.42 Å². The molecular weight excluding hydrogens is 396 g/mol. The fourth-order valence-electron chi connectivity index (χ4n) is 2.02. The van der Waals surface area contributed by atoms with Crippen LogP contribution in [0.25, 0.3) is 6.08 Å². The van der Waals surface area contributed by atoms with E-state index in [0.717, 1.165) is 20.3 Å². The normalized spacial score (nSPS) is 10.6. The highest BCUT2D eigenvalue weighted by Crippen LogP contribution is 2.26. The van der Waals surface area contributed by atoms with Gasteiger partial charge in [-0.05, 0) is 36.4 Å². The zero-order valence-corrected chi connectivity index (χ0v) is 15.9. The number of carbonyl (C=O) groups excluding carboxylic acids is 2. The first-order valence-corrected chi connectivity index (χ1v) is 9.24. The summed E-state index contributed by atoms with van der Waals surface area (Å²) in [6.45, 7) is 0. The van der Waals surface area contributed by atoms with Gasteiger partial charge in [0.2, 0.25) is 0 Å². The van der Waals surface area contributed by atoms with Gasteiger partial charge >= 0.3 is 22.1 Å². The first-order valence-electron chi connectivity index (χ1n) is 7.46. The second kappa shape index (κ2) is 8.70. The SMILES string of the molecule is COC(=O)C(=Cc1ccccc1OS(=O)(=O)c1ccc(Cl)cc1)C(=O)OC. The minimum Gasteiger partial charge on any atom is -0.465 e. The van der Waals surface area contributed by atoms with Gasteiger partial charge in [0, 0.05) is 10.6 Å². The van der Waals surface area contributed by atoms with Crippen LogP contribution in [0, 0.1) is 0 Å². The number of ether oxygens (including phenoxy) is 2. The maximum Gasteiger partial charge on any atom is 0.345 e. The number of methoxy groups -OCH3 is 2. The molecule has 0 atom stereocenters. The van der Waals surface area contributed by atoms with Gasteiger partial charge in [0.05, 0.1) is 14.2 Å². The van der Waals surface area contributed by atoms with E-state index in [1.165, 1.54) is 36.4 Å². The molecule has 2 aromatic rings. The summed E-state index contributed by atoms with van der Waals surface area (Å²) in [4.78, 5) is 23.5. The zero-order valence-electron chi connectivity index (χ0n) is 14.3. The number of halogens is 1. The van der Waals surface area contributed by atoms with Crippen molar-refractivity contribution < 1.29 is 31.7 Å². The lowest BCUT2D eigenvalue weighted by molar-refractivity contribution is -0.143. The Labute approximate surface area is 161 Å². The number of carbonyl (C=O) groups is 2. The van der Waals surface area contributed by atoms with Gasteiger partial charge < -0.3 is 13.7 Å². The van der Waals surface area contributed by atoms with Crippen LogP contribution >= 0.6 is 11.6 Å². The molecule has 0 saturated heterocycles. The smallest absolute Gasteiger partial charge is 0.345 e. The molecule has 0 N–H and O–H groups in total. The first-order chi connectivity index (χ1) is 12.8. The summed E-state index contributed by atoms with van der Waals surface area (Å²) < 4.78 is 39.2. The van der Waals surface area contributed by atoms with Crippen LogP contribution < -0.4 is 4.18 Å². The molecule has 0 fully saturated rings. The summed E-state index contributed by atoms with van der Waals surface area (Å²) in [6, 6.07) is 11.4. The molecule has 0 aliphatic rings. The van der Waals surface area contributed by atoms with E-state index >= 15 is 0 Å². The highest BCUT2D eigenvalue weighted by Gasteiger charge is 2.22. The largest absolute Gasteiger partial charge is 0.465 e. The average Bonchev–Trinajstić information content (AvgIpc) is 2.66. The van der Waals surface area contributed by atoms with Crippen LogP contribution in [-0.2, 0) is 29.2 Å². The van der Waals surface area contributed by atoms with Crippen LogP contribution in [0.1, 0.15) is 5.56 Å². The second-order valence-corrected chi connectivity index (χ2v) is 7.05. The molecule has 0 heterocycles. The van der Waals surface area contributed by atoms with Crippen molar-refractivity contribution in [2.45, 2.75) is 4.90 Å². The van der Waals surface area contributed by atoms with E-state index < -0.39 is 27.6 Å². The Kier molecular flexibility index (Phi) is 6.59. The zero-order chi connectivity index (χ0) is 20.0. The Morgan fingerprint density at radius 3 is 2.04 bits per heavy atom. The number of benzene rings is 2. The highest BCUT2D eigenvalue weighted by molar-refractivity contribution is 7.87. The van der Waals surface area contributed by atoms with Gasteiger partial charge in [-0.3, -0.25) is 0 Å². The van der Waals surface area contributed by atoms with Crippen LogP contribution in [0.5, 0.6) is 5.75 Å². The van der Waals surface area contributed by atoms with E-state index in [2.05, 4.69) is 9.47 Å². The number of esters is 2. The maximum atomic E-state index is 12.5. The van der Waals surface area contributed by atoms with Crippen molar-refractivity contribution in [2.24, 2.45) is 0 Å². The van der Waals surface area contributed by atoms with Crippen molar-refractivity contribution in [3.8, 4) is 5.75 Å². The standard InChI is InChI=1S/C18H15ClO7S/c1-24-17(20)15(18(21)25-2)11-12-5-3-4-6-16(12)26-27(22,23)14-9-7-13(19)8-10-14/h3-11H,1-2H3. The van der Waals surface area contributed by atoms with Gasteiger partial charge in [0.1, 0.15) is 16.2 Å². The predicted molar refractivity (Wildman–Crippen MR) is 97.7 cm³/mol. The molecule has 2 rings (SSSR count). The third kappa shape index (κ3) is 5.08. The van der Waals surface area contributed by atoms with E-state index in [1.54, 1.807) is 12.1 Å². The summed E-state index contributed by atoms with van der Waals surface area (Å²) in [5, 5.41) is 0.373. The van der Waals surface area contributed by atoms with Crippen molar-refractivity contribution in [2.75, 3.05) is 14.2 Å². The average molecular weight is 411 g/mol. The molecular formula is C18H15ClO7S. The monoisotopic (exact) mass is 410 g/mol. The molecule has 9 heteroatoms. The van der Waals surface area contributed by atoms with Gasteiger partial charge in [-0.1, -0.05) is 29.8 Å². The Morgan fingerprint density at radius 2 is 1.48 bits per heavy atom. The number of hydrogen-bond donors (Lipinski definition) is 0. The third-order valence-corrected chi connectivity index (χ3v) is 4.83. The third-order valence-electron chi connectivity index (χ3n) is 3.33. The lowest BCUT2D eigenvalue weighted by atomic mass is 10.1. The summed E-state index contributed by atoms with van der Waals surface area (Å²) in [5.41, 5.74) is -0.249.